The first-order valence-electron chi connectivity index (χ1n) is 8.23. The Bertz CT molecular complexity index is 939. The third-order valence-corrected chi connectivity index (χ3v) is 4.00. The highest BCUT2D eigenvalue weighted by molar-refractivity contribution is 5.64. The molecule has 0 spiro atoms. The van der Waals surface area contributed by atoms with Crippen molar-refractivity contribution in [3.63, 3.8) is 0 Å². The highest BCUT2D eigenvalue weighted by Gasteiger charge is 2.07. The molecule has 0 radical (unpaired) electrons. The molecule has 0 saturated carbocycles. The van der Waals surface area contributed by atoms with Gasteiger partial charge in [0.25, 0.3) is 0 Å². The summed E-state index contributed by atoms with van der Waals surface area (Å²) in [6.45, 7) is 2.23. The molecule has 0 saturated heterocycles. The van der Waals surface area contributed by atoms with Crippen molar-refractivity contribution in [1.29, 1.82) is 0 Å². The maximum absolute atomic E-state index is 13.8. The zero-order chi connectivity index (χ0) is 18.5. The van der Waals surface area contributed by atoms with Crippen molar-refractivity contribution in [3.8, 4) is 23.0 Å². The molecule has 1 nitrogen and oxygen atoms in total. The molecule has 3 aromatic rings. The highest BCUT2D eigenvalue weighted by Crippen LogP contribution is 2.21. The van der Waals surface area contributed by atoms with Gasteiger partial charge in [0.05, 0.1) is 12.2 Å². The van der Waals surface area contributed by atoms with Gasteiger partial charge in [-0.15, -0.1) is 0 Å². The van der Waals surface area contributed by atoms with Crippen LogP contribution in [0.1, 0.15) is 22.3 Å². The lowest BCUT2D eigenvalue weighted by molar-refractivity contribution is 0.185. The van der Waals surface area contributed by atoms with Gasteiger partial charge in [-0.3, -0.25) is 0 Å². The average Bonchev–Trinajstić information content (AvgIpc) is 2.62. The molecule has 0 aliphatic carbocycles. The SMILES string of the molecule is COCc1ccc(-c2ccc(C#Cc3c(F)cc(C)cc3F)cc2)cc1. The molecule has 3 heteroatoms. The van der Waals surface area contributed by atoms with Crippen LogP contribution in [-0.2, 0) is 11.3 Å². The second kappa shape index (κ2) is 7.95. The van der Waals surface area contributed by atoms with E-state index in [1.807, 2.05) is 48.5 Å². The van der Waals surface area contributed by atoms with Crippen molar-refractivity contribution in [2.45, 2.75) is 13.5 Å². The van der Waals surface area contributed by atoms with Crippen molar-refractivity contribution in [3.05, 3.63) is 94.6 Å². The Morgan fingerprint density at radius 1 is 0.808 bits per heavy atom. The fraction of sp³-hybridized carbons (Fsp3) is 0.130. The Morgan fingerprint density at radius 2 is 1.35 bits per heavy atom. The first kappa shape index (κ1) is 17.8. The van der Waals surface area contributed by atoms with E-state index in [0.717, 1.165) is 16.7 Å². The number of hydrogen-bond donors (Lipinski definition) is 0. The number of ether oxygens (including phenoxy) is 1. The predicted octanol–water partition coefficient (Wildman–Crippen LogP) is 5.49. The largest absolute Gasteiger partial charge is 0.380 e. The zero-order valence-electron chi connectivity index (χ0n) is 14.6. The van der Waals surface area contributed by atoms with E-state index in [0.29, 0.717) is 17.7 Å². The summed E-state index contributed by atoms with van der Waals surface area (Å²) in [4.78, 5) is 0. The van der Waals surface area contributed by atoms with Crippen molar-refractivity contribution in [1.82, 2.24) is 0 Å². The number of halogens is 2. The van der Waals surface area contributed by atoms with Gasteiger partial charge in [0.1, 0.15) is 11.6 Å². The van der Waals surface area contributed by atoms with Gasteiger partial charge < -0.3 is 4.74 Å². The normalized spacial score (nSPS) is 10.3. The first-order chi connectivity index (χ1) is 12.6. The van der Waals surface area contributed by atoms with Gasteiger partial charge in [-0.05, 0) is 53.4 Å². The fourth-order valence-corrected chi connectivity index (χ4v) is 2.66. The van der Waals surface area contributed by atoms with Gasteiger partial charge in [0.2, 0.25) is 0 Å². The van der Waals surface area contributed by atoms with Crippen molar-refractivity contribution in [2.24, 2.45) is 0 Å². The number of aryl methyl sites for hydroxylation is 1. The van der Waals surface area contributed by atoms with E-state index in [4.69, 9.17) is 4.74 Å². The van der Waals surface area contributed by atoms with Gasteiger partial charge in [-0.1, -0.05) is 48.2 Å². The Hall–Kier alpha value is -2.96. The van der Waals surface area contributed by atoms with E-state index in [-0.39, 0.29) is 5.56 Å². The molecule has 0 heterocycles. The summed E-state index contributed by atoms with van der Waals surface area (Å²) in [5.74, 6) is 4.14. The molecular formula is C23H18F2O. The van der Waals surface area contributed by atoms with Crippen molar-refractivity contribution < 1.29 is 13.5 Å². The summed E-state index contributed by atoms with van der Waals surface area (Å²) in [6, 6.07) is 18.2. The lowest BCUT2D eigenvalue weighted by atomic mass is 10.0. The molecule has 0 aliphatic heterocycles. The van der Waals surface area contributed by atoms with E-state index in [1.165, 1.54) is 12.1 Å². The summed E-state index contributed by atoms with van der Waals surface area (Å²) >= 11 is 0. The molecule has 0 atom stereocenters. The number of hydrogen-bond acceptors (Lipinski definition) is 1. The highest BCUT2D eigenvalue weighted by atomic mass is 19.1. The summed E-state index contributed by atoms with van der Waals surface area (Å²) < 4.78 is 32.8. The molecule has 0 N–H and O–H groups in total. The van der Waals surface area contributed by atoms with Crippen LogP contribution >= 0.6 is 0 Å². The standard InChI is InChI=1S/C23H18F2O/c1-16-13-22(24)21(23(25)14-16)12-7-17-3-8-19(9-4-17)20-10-5-18(6-11-20)15-26-2/h3-6,8-11,13-14H,15H2,1-2H3. The lowest BCUT2D eigenvalue weighted by Crippen LogP contribution is -1.91. The molecular weight excluding hydrogens is 330 g/mol. The Kier molecular flexibility index (Phi) is 5.46. The van der Waals surface area contributed by atoms with Crippen LogP contribution in [0.15, 0.2) is 60.7 Å². The third-order valence-electron chi connectivity index (χ3n) is 4.00. The van der Waals surface area contributed by atoms with Crippen LogP contribution in [-0.4, -0.2) is 7.11 Å². The van der Waals surface area contributed by atoms with E-state index in [1.54, 1.807) is 14.0 Å². The van der Waals surface area contributed by atoms with E-state index >= 15 is 0 Å². The van der Waals surface area contributed by atoms with Crippen LogP contribution in [0.25, 0.3) is 11.1 Å². The number of rotatable bonds is 3. The van der Waals surface area contributed by atoms with Crippen LogP contribution in [0.5, 0.6) is 0 Å². The smallest absolute Gasteiger partial charge is 0.142 e. The molecule has 0 bridgehead atoms. The molecule has 3 aromatic carbocycles. The van der Waals surface area contributed by atoms with Crippen LogP contribution in [0.3, 0.4) is 0 Å². The molecule has 0 fully saturated rings. The van der Waals surface area contributed by atoms with Crippen molar-refractivity contribution >= 4 is 0 Å². The van der Waals surface area contributed by atoms with Crippen LogP contribution in [0.4, 0.5) is 8.78 Å². The average molecular weight is 348 g/mol. The predicted molar refractivity (Wildman–Crippen MR) is 99.7 cm³/mol. The van der Waals surface area contributed by atoms with E-state index in [2.05, 4.69) is 11.8 Å². The fourth-order valence-electron chi connectivity index (χ4n) is 2.66. The monoisotopic (exact) mass is 348 g/mol. The third kappa shape index (κ3) is 4.17. The first-order valence-corrected chi connectivity index (χ1v) is 8.23. The van der Waals surface area contributed by atoms with Gasteiger partial charge in [-0.2, -0.15) is 0 Å². The maximum atomic E-state index is 13.8. The van der Waals surface area contributed by atoms with Gasteiger partial charge in [0, 0.05) is 12.7 Å². The minimum absolute atomic E-state index is 0.201. The molecule has 0 aromatic heterocycles. The zero-order valence-corrected chi connectivity index (χ0v) is 14.6. The van der Waals surface area contributed by atoms with Gasteiger partial charge in [0.15, 0.2) is 0 Å². The van der Waals surface area contributed by atoms with Crippen LogP contribution < -0.4 is 0 Å². The number of methoxy groups -OCH3 is 1. The lowest BCUT2D eigenvalue weighted by Gasteiger charge is -2.04. The van der Waals surface area contributed by atoms with Crippen LogP contribution in [0.2, 0.25) is 0 Å². The minimum atomic E-state index is -0.636. The molecule has 130 valence electrons. The van der Waals surface area contributed by atoms with E-state index in [9.17, 15) is 8.78 Å². The Morgan fingerprint density at radius 3 is 1.88 bits per heavy atom. The summed E-state index contributed by atoms with van der Waals surface area (Å²) in [5.41, 5.74) is 4.28. The van der Waals surface area contributed by atoms with Gasteiger partial charge in [-0.25, -0.2) is 8.78 Å². The molecule has 3 rings (SSSR count). The van der Waals surface area contributed by atoms with Crippen LogP contribution in [0, 0.1) is 30.4 Å². The Balaban J connectivity index is 1.81. The second-order valence-corrected chi connectivity index (χ2v) is 6.06. The quantitative estimate of drug-likeness (QED) is 0.569. The summed E-state index contributed by atoms with van der Waals surface area (Å²) in [6.07, 6.45) is 0. The van der Waals surface area contributed by atoms with Gasteiger partial charge >= 0.3 is 0 Å². The summed E-state index contributed by atoms with van der Waals surface area (Å²) in [5, 5.41) is 0. The van der Waals surface area contributed by atoms with Crippen molar-refractivity contribution in [2.75, 3.05) is 7.11 Å². The second-order valence-electron chi connectivity index (χ2n) is 6.06. The molecule has 0 unspecified atom stereocenters. The molecule has 26 heavy (non-hydrogen) atoms. The molecule has 0 amide bonds. The topological polar surface area (TPSA) is 9.23 Å². The maximum Gasteiger partial charge on any atom is 0.142 e. The number of benzene rings is 3. The van der Waals surface area contributed by atoms with E-state index < -0.39 is 11.6 Å². The Labute approximate surface area is 152 Å². The minimum Gasteiger partial charge on any atom is -0.380 e. The summed E-state index contributed by atoms with van der Waals surface area (Å²) in [7, 11) is 1.67. The molecule has 0 aliphatic rings.